The van der Waals surface area contributed by atoms with E-state index in [2.05, 4.69) is 38.1 Å². The van der Waals surface area contributed by atoms with Gasteiger partial charge in [-0.05, 0) is 37.8 Å². The van der Waals surface area contributed by atoms with Crippen molar-refractivity contribution in [2.24, 2.45) is 12.5 Å². The van der Waals surface area contributed by atoms with Gasteiger partial charge >= 0.3 is 11.4 Å². The monoisotopic (exact) mass is 361 g/mol. The summed E-state index contributed by atoms with van der Waals surface area (Å²) in [5, 5.41) is 0. The van der Waals surface area contributed by atoms with Gasteiger partial charge in [0.1, 0.15) is 0 Å². The Labute approximate surface area is 157 Å². The molecule has 138 valence electrons. The molecule has 1 saturated carbocycles. The minimum absolute atomic E-state index is 0.213. The van der Waals surface area contributed by atoms with Crippen LogP contribution in [0.25, 0.3) is 0 Å². The summed E-state index contributed by atoms with van der Waals surface area (Å²) in [6.45, 7) is 4.28. The van der Waals surface area contributed by atoms with Gasteiger partial charge in [-0.25, -0.2) is 23.5 Å². The number of hydrogen-bond acceptors (Lipinski definition) is 2. The predicted molar refractivity (Wildman–Crippen MR) is 104 cm³/mol. The second-order valence-electron chi connectivity index (χ2n) is 8.30. The Morgan fingerprint density at radius 3 is 1.44 bits per heavy atom. The third-order valence-corrected chi connectivity index (χ3v) is 7.43. The molecule has 0 bridgehead atoms. The molecule has 2 atom stereocenters. The van der Waals surface area contributed by atoms with E-state index < -0.39 is 0 Å². The SMILES string of the molecule is Cn1c(=O)n2n(c1=O)[C@]1(C)C(Cc3ccccc3)(Cc3ccccc3)[C@]21C. The smallest absolute Gasteiger partial charge is 0.246 e. The first-order valence-electron chi connectivity index (χ1n) is 9.38. The molecule has 2 aliphatic rings. The summed E-state index contributed by atoms with van der Waals surface area (Å²) >= 11 is 0. The summed E-state index contributed by atoms with van der Waals surface area (Å²) in [4.78, 5) is 25.5. The van der Waals surface area contributed by atoms with Gasteiger partial charge in [0.05, 0.1) is 11.1 Å². The van der Waals surface area contributed by atoms with Crippen molar-refractivity contribution in [1.29, 1.82) is 0 Å². The number of nitrogens with zero attached hydrogens (tertiary/aromatic N) is 3. The number of hydrogen-bond donors (Lipinski definition) is 0. The van der Waals surface area contributed by atoms with Crippen LogP contribution in [0.5, 0.6) is 0 Å². The van der Waals surface area contributed by atoms with Gasteiger partial charge in [0, 0.05) is 12.5 Å². The molecule has 0 N–H and O–H groups in total. The fraction of sp³-hybridized carbons (Fsp3) is 0.364. The molecule has 5 heteroatoms. The quantitative estimate of drug-likeness (QED) is 0.716. The highest BCUT2D eigenvalue weighted by molar-refractivity contribution is 5.44. The highest BCUT2D eigenvalue weighted by Gasteiger charge is 2.91. The average Bonchev–Trinajstić information content (AvgIpc) is 2.88. The van der Waals surface area contributed by atoms with Gasteiger partial charge < -0.3 is 0 Å². The van der Waals surface area contributed by atoms with E-state index in [0.29, 0.717) is 0 Å². The van der Waals surface area contributed by atoms with Crippen LogP contribution >= 0.6 is 0 Å². The Morgan fingerprint density at radius 1 is 0.704 bits per heavy atom. The Morgan fingerprint density at radius 2 is 1.07 bits per heavy atom. The first-order valence-corrected chi connectivity index (χ1v) is 9.38. The van der Waals surface area contributed by atoms with Crippen LogP contribution in [0.15, 0.2) is 70.3 Å². The van der Waals surface area contributed by atoms with Crippen LogP contribution in [0.4, 0.5) is 0 Å². The zero-order valence-electron chi connectivity index (χ0n) is 15.8. The van der Waals surface area contributed by atoms with Gasteiger partial charge in [-0.1, -0.05) is 60.7 Å². The van der Waals surface area contributed by atoms with E-state index in [1.165, 1.54) is 15.7 Å². The molecule has 5 nitrogen and oxygen atoms in total. The zero-order valence-corrected chi connectivity index (χ0v) is 15.8. The van der Waals surface area contributed by atoms with E-state index in [1.54, 1.807) is 16.4 Å². The van der Waals surface area contributed by atoms with Crippen LogP contribution in [0.2, 0.25) is 0 Å². The molecule has 5 rings (SSSR count). The minimum atomic E-state index is -0.372. The summed E-state index contributed by atoms with van der Waals surface area (Å²) < 4.78 is 4.61. The summed E-state index contributed by atoms with van der Waals surface area (Å²) in [5.74, 6) is 0. The molecule has 1 aliphatic heterocycles. The molecule has 0 amide bonds. The first kappa shape index (κ1) is 16.4. The van der Waals surface area contributed by atoms with Crippen molar-refractivity contribution in [2.45, 2.75) is 37.8 Å². The van der Waals surface area contributed by atoms with E-state index in [-0.39, 0.29) is 27.9 Å². The molecular formula is C22H23N3O2. The lowest BCUT2D eigenvalue weighted by Crippen LogP contribution is -2.52. The maximum atomic E-state index is 12.7. The van der Waals surface area contributed by atoms with Crippen molar-refractivity contribution >= 4 is 0 Å². The fourth-order valence-corrected chi connectivity index (χ4v) is 5.78. The van der Waals surface area contributed by atoms with Crippen molar-refractivity contribution in [1.82, 2.24) is 13.9 Å². The minimum Gasteiger partial charge on any atom is -0.246 e. The van der Waals surface area contributed by atoms with E-state index >= 15 is 0 Å². The Hall–Kier alpha value is -2.82. The second-order valence-corrected chi connectivity index (χ2v) is 8.30. The molecule has 2 aromatic carbocycles. The fourth-order valence-electron chi connectivity index (χ4n) is 5.78. The van der Waals surface area contributed by atoms with Gasteiger partial charge in [0.25, 0.3) is 0 Å². The van der Waals surface area contributed by atoms with Crippen molar-refractivity contribution in [2.75, 3.05) is 0 Å². The van der Waals surface area contributed by atoms with Crippen molar-refractivity contribution < 1.29 is 0 Å². The number of fused-ring (bicyclic) bond motifs is 4. The van der Waals surface area contributed by atoms with Gasteiger partial charge in [-0.2, -0.15) is 0 Å². The zero-order chi connectivity index (χ0) is 19.0. The lowest BCUT2D eigenvalue weighted by molar-refractivity contribution is 0.151. The maximum Gasteiger partial charge on any atom is 0.347 e. The van der Waals surface area contributed by atoms with E-state index in [9.17, 15) is 9.59 Å². The Kier molecular flexibility index (Phi) is 2.98. The third kappa shape index (κ3) is 1.62. The van der Waals surface area contributed by atoms with Gasteiger partial charge in [-0.15, -0.1) is 0 Å². The lowest BCUT2D eigenvalue weighted by atomic mass is 9.84. The number of aromatic nitrogens is 3. The van der Waals surface area contributed by atoms with Gasteiger partial charge in [0.15, 0.2) is 0 Å². The topological polar surface area (TPSA) is 48.9 Å². The van der Waals surface area contributed by atoms with E-state index in [1.807, 2.05) is 36.4 Å². The van der Waals surface area contributed by atoms with Crippen LogP contribution in [-0.4, -0.2) is 13.9 Å². The third-order valence-electron chi connectivity index (χ3n) is 7.43. The van der Waals surface area contributed by atoms with Gasteiger partial charge in [-0.3, -0.25) is 0 Å². The molecule has 0 radical (unpaired) electrons. The molecule has 1 aromatic heterocycles. The molecule has 0 saturated heterocycles. The highest BCUT2D eigenvalue weighted by atomic mass is 16.2. The van der Waals surface area contributed by atoms with Crippen LogP contribution in [0.3, 0.4) is 0 Å². The van der Waals surface area contributed by atoms with Crippen LogP contribution in [-0.2, 0) is 31.0 Å². The molecule has 0 spiro atoms. The molecule has 1 fully saturated rings. The van der Waals surface area contributed by atoms with Crippen LogP contribution in [0.1, 0.15) is 25.0 Å². The summed E-state index contributed by atoms with van der Waals surface area (Å²) in [6.07, 6.45) is 1.65. The highest BCUT2D eigenvalue weighted by Crippen LogP contribution is 2.80. The van der Waals surface area contributed by atoms with Crippen molar-refractivity contribution in [3.63, 3.8) is 0 Å². The molecular weight excluding hydrogens is 338 g/mol. The van der Waals surface area contributed by atoms with E-state index in [0.717, 1.165) is 12.8 Å². The van der Waals surface area contributed by atoms with Gasteiger partial charge in [0.2, 0.25) is 0 Å². The molecule has 27 heavy (non-hydrogen) atoms. The van der Waals surface area contributed by atoms with Crippen molar-refractivity contribution in [3.8, 4) is 0 Å². The Bertz CT molecular complexity index is 1060. The average molecular weight is 361 g/mol. The largest absolute Gasteiger partial charge is 0.347 e. The number of benzene rings is 2. The lowest BCUT2D eigenvalue weighted by Gasteiger charge is -2.32. The molecule has 0 unspecified atom stereocenters. The van der Waals surface area contributed by atoms with E-state index in [4.69, 9.17) is 0 Å². The van der Waals surface area contributed by atoms with Crippen molar-refractivity contribution in [3.05, 3.63) is 92.8 Å². The summed E-state index contributed by atoms with van der Waals surface area (Å²) in [7, 11) is 1.56. The summed E-state index contributed by atoms with van der Waals surface area (Å²) in [6, 6.07) is 20.8. The maximum absolute atomic E-state index is 12.7. The van der Waals surface area contributed by atoms with Crippen LogP contribution < -0.4 is 11.4 Å². The summed E-state index contributed by atoms with van der Waals surface area (Å²) in [5.41, 5.74) is 1.07. The standard InChI is InChI=1S/C22H23N3O2/c1-20-21(2,25-19(27)23(3)18(26)24(20)25)22(20,14-16-10-6-4-7-11-16)15-17-12-8-5-9-13-17/h4-13H,14-15H2,1-3H3/t20-,21+. The first-order chi connectivity index (χ1) is 12.9. The molecule has 3 aromatic rings. The molecule has 1 aliphatic carbocycles. The molecule has 2 heterocycles. The van der Waals surface area contributed by atoms with Crippen LogP contribution in [0, 0.1) is 5.41 Å². The number of rotatable bonds is 4. The Balaban J connectivity index is 1.69. The normalized spacial score (nSPS) is 26.8. The predicted octanol–water partition coefficient (Wildman–Crippen LogP) is 2.28. The second kappa shape index (κ2) is 4.91.